The predicted molar refractivity (Wildman–Crippen MR) is 139 cm³/mol. The average molecular weight is 542 g/mol. The Morgan fingerprint density at radius 3 is 2.55 bits per heavy atom. The standard InChI is InChI=1S/C24H28FN9O3S/c1-16-14-26-30-22(16)28-23-19-4-3-9-34(19)31-24(29-23)21(17-5-7-18(25)8-6-17)27-20(35)15-32-10-12-33(13-11-32)38(2,36)37/h3-9,14,21H,10-13,15H2,1-2H3,(H,27,35)(H2,26,28,29,30,31). The van der Waals surface area contributed by atoms with E-state index >= 15 is 0 Å². The molecule has 4 aromatic rings. The highest BCUT2D eigenvalue weighted by Crippen LogP contribution is 2.25. The highest BCUT2D eigenvalue weighted by atomic mass is 32.2. The Labute approximate surface area is 218 Å². The minimum absolute atomic E-state index is 0.0690. The number of hydrogen-bond acceptors (Lipinski definition) is 8. The molecule has 3 aromatic heterocycles. The number of fused-ring (bicyclic) bond motifs is 1. The number of H-pyrrole nitrogens is 1. The highest BCUT2D eigenvalue weighted by molar-refractivity contribution is 7.88. The van der Waals surface area contributed by atoms with Crippen molar-refractivity contribution < 1.29 is 17.6 Å². The first kappa shape index (κ1) is 25.8. The molecule has 0 saturated carbocycles. The fraction of sp³-hybridized carbons (Fsp3) is 0.333. The molecule has 4 heterocycles. The number of carbonyl (C=O) groups excluding carboxylic acids is 1. The molecular weight excluding hydrogens is 513 g/mol. The molecule has 1 aliphatic rings. The van der Waals surface area contributed by atoms with Crippen molar-refractivity contribution in [2.75, 3.05) is 44.3 Å². The Morgan fingerprint density at radius 2 is 1.89 bits per heavy atom. The van der Waals surface area contributed by atoms with Crippen LogP contribution in [0.15, 0.2) is 48.8 Å². The topological polar surface area (TPSA) is 141 Å². The maximum Gasteiger partial charge on any atom is 0.235 e. The summed E-state index contributed by atoms with van der Waals surface area (Å²) in [6, 6.07) is 8.73. The summed E-state index contributed by atoms with van der Waals surface area (Å²) in [5.41, 5.74) is 2.22. The number of halogens is 1. The Hall–Kier alpha value is -3.88. The number of sulfonamides is 1. The maximum atomic E-state index is 13.7. The molecule has 1 aliphatic heterocycles. The van der Waals surface area contributed by atoms with E-state index in [4.69, 9.17) is 4.98 Å². The van der Waals surface area contributed by atoms with Crippen LogP contribution in [-0.2, 0) is 14.8 Å². The minimum atomic E-state index is -3.27. The van der Waals surface area contributed by atoms with Crippen LogP contribution in [-0.4, -0.2) is 87.3 Å². The Morgan fingerprint density at radius 1 is 1.16 bits per heavy atom. The first-order valence-electron chi connectivity index (χ1n) is 12.0. The first-order valence-corrected chi connectivity index (χ1v) is 13.9. The molecule has 1 amide bonds. The van der Waals surface area contributed by atoms with Gasteiger partial charge in [-0.3, -0.25) is 14.8 Å². The van der Waals surface area contributed by atoms with Gasteiger partial charge in [-0.2, -0.15) is 9.40 Å². The van der Waals surface area contributed by atoms with E-state index in [1.807, 2.05) is 24.0 Å². The number of nitrogens with one attached hydrogen (secondary N) is 3. The van der Waals surface area contributed by atoms with Crippen LogP contribution in [0.3, 0.4) is 0 Å². The molecule has 200 valence electrons. The smallest absolute Gasteiger partial charge is 0.235 e. The van der Waals surface area contributed by atoms with Gasteiger partial charge in [0.1, 0.15) is 23.2 Å². The second-order valence-electron chi connectivity index (χ2n) is 9.20. The van der Waals surface area contributed by atoms with Crippen LogP contribution in [0.2, 0.25) is 0 Å². The van der Waals surface area contributed by atoms with Crippen LogP contribution < -0.4 is 10.6 Å². The van der Waals surface area contributed by atoms with E-state index in [2.05, 4.69) is 25.9 Å². The Balaban J connectivity index is 1.42. The van der Waals surface area contributed by atoms with Crippen molar-refractivity contribution in [1.82, 2.24) is 39.3 Å². The first-order chi connectivity index (χ1) is 18.2. The zero-order chi connectivity index (χ0) is 26.9. The van der Waals surface area contributed by atoms with Gasteiger partial charge in [0.25, 0.3) is 0 Å². The van der Waals surface area contributed by atoms with E-state index in [9.17, 15) is 17.6 Å². The molecule has 0 radical (unpaired) electrons. The summed E-state index contributed by atoms with van der Waals surface area (Å²) in [4.78, 5) is 19.8. The second kappa shape index (κ2) is 10.5. The van der Waals surface area contributed by atoms with E-state index in [1.54, 1.807) is 29.0 Å². The number of amides is 1. The van der Waals surface area contributed by atoms with Gasteiger partial charge in [-0.25, -0.2) is 22.3 Å². The number of nitrogens with zero attached hydrogens (tertiary/aromatic N) is 6. The number of aryl methyl sites for hydroxylation is 1. The molecule has 1 fully saturated rings. The van der Waals surface area contributed by atoms with Crippen molar-refractivity contribution >= 4 is 33.1 Å². The number of aromatic amines is 1. The van der Waals surface area contributed by atoms with Gasteiger partial charge in [-0.15, -0.1) is 5.10 Å². The van der Waals surface area contributed by atoms with Crippen LogP contribution in [0.5, 0.6) is 0 Å². The number of benzene rings is 1. The van der Waals surface area contributed by atoms with Crippen LogP contribution in [0.25, 0.3) is 5.52 Å². The SMILES string of the molecule is Cc1cn[nH]c1Nc1nc(C(NC(=O)CN2CCN(S(C)(=O)=O)CC2)c2ccc(F)cc2)nn2cccc12. The van der Waals surface area contributed by atoms with Crippen LogP contribution >= 0.6 is 0 Å². The summed E-state index contributed by atoms with van der Waals surface area (Å²) >= 11 is 0. The third-order valence-electron chi connectivity index (χ3n) is 6.41. The van der Waals surface area contributed by atoms with Crippen molar-refractivity contribution in [2.24, 2.45) is 0 Å². The average Bonchev–Trinajstić information content (AvgIpc) is 3.52. The van der Waals surface area contributed by atoms with E-state index in [1.165, 1.54) is 22.7 Å². The van der Waals surface area contributed by atoms with Gasteiger partial charge < -0.3 is 10.6 Å². The van der Waals surface area contributed by atoms with Gasteiger partial charge in [0.15, 0.2) is 11.6 Å². The Bertz CT molecular complexity index is 1540. The molecule has 0 bridgehead atoms. The van der Waals surface area contributed by atoms with E-state index in [-0.39, 0.29) is 12.5 Å². The number of aromatic nitrogens is 5. The zero-order valence-electron chi connectivity index (χ0n) is 20.9. The summed E-state index contributed by atoms with van der Waals surface area (Å²) < 4.78 is 40.4. The molecule has 0 spiro atoms. The predicted octanol–water partition coefficient (Wildman–Crippen LogP) is 1.43. The monoisotopic (exact) mass is 541 g/mol. The van der Waals surface area contributed by atoms with Gasteiger partial charge in [0.2, 0.25) is 15.9 Å². The second-order valence-corrected chi connectivity index (χ2v) is 11.2. The van der Waals surface area contributed by atoms with Crippen molar-refractivity contribution in [3.63, 3.8) is 0 Å². The van der Waals surface area contributed by atoms with Crippen molar-refractivity contribution in [1.29, 1.82) is 0 Å². The number of piperazine rings is 1. The normalized spacial score (nSPS) is 16.0. The minimum Gasteiger partial charge on any atom is -0.341 e. The molecule has 1 unspecified atom stereocenters. The van der Waals surface area contributed by atoms with Crippen molar-refractivity contribution in [2.45, 2.75) is 13.0 Å². The van der Waals surface area contributed by atoms with E-state index in [0.29, 0.717) is 49.2 Å². The fourth-order valence-electron chi connectivity index (χ4n) is 4.34. The van der Waals surface area contributed by atoms with Crippen molar-refractivity contribution in [3.05, 3.63) is 71.6 Å². The third-order valence-corrected chi connectivity index (χ3v) is 7.72. The zero-order valence-corrected chi connectivity index (χ0v) is 21.7. The summed E-state index contributed by atoms with van der Waals surface area (Å²) in [7, 11) is -3.27. The van der Waals surface area contributed by atoms with E-state index in [0.717, 1.165) is 11.1 Å². The van der Waals surface area contributed by atoms with Gasteiger partial charge >= 0.3 is 0 Å². The molecule has 1 aromatic carbocycles. The number of carbonyl (C=O) groups is 1. The summed E-state index contributed by atoms with van der Waals surface area (Å²) in [6.07, 6.45) is 4.65. The largest absolute Gasteiger partial charge is 0.341 e. The third kappa shape index (κ3) is 5.66. The van der Waals surface area contributed by atoms with E-state index < -0.39 is 21.9 Å². The van der Waals surface area contributed by atoms with Crippen LogP contribution in [0.4, 0.5) is 16.0 Å². The molecule has 14 heteroatoms. The van der Waals surface area contributed by atoms with Crippen molar-refractivity contribution in [3.8, 4) is 0 Å². The molecule has 1 saturated heterocycles. The van der Waals surface area contributed by atoms with Gasteiger partial charge in [-0.1, -0.05) is 12.1 Å². The van der Waals surface area contributed by atoms with Gasteiger partial charge in [0.05, 0.1) is 19.0 Å². The lowest BCUT2D eigenvalue weighted by molar-refractivity contribution is -0.123. The Kier molecular flexibility index (Phi) is 7.10. The molecule has 3 N–H and O–H groups in total. The molecule has 1 atom stereocenters. The molecule has 38 heavy (non-hydrogen) atoms. The lowest BCUT2D eigenvalue weighted by Gasteiger charge is -2.33. The summed E-state index contributed by atoms with van der Waals surface area (Å²) in [5.74, 6) is 0.790. The highest BCUT2D eigenvalue weighted by Gasteiger charge is 2.27. The summed E-state index contributed by atoms with van der Waals surface area (Å²) in [5, 5.41) is 17.8. The number of hydrogen-bond donors (Lipinski definition) is 3. The molecular formula is C24H28FN9O3S. The quantitative estimate of drug-likeness (QED) is 0.304. The van der Waals surface area contributed by atoms with Gasteiger partial charge in [-0.05, 0) is 36.8 Å². The van der Waals surface area contributed by atoms with Crippen LogP contribution in [0, 0.1) is 12.7 Å². The van der Waals surface area contributed by atoms with Crippen LogP contribution in [0.1, 0.15) is 23.0 Å². The fourth-order valence-corrected chi connectivity index (χ4v) is 5.16. The molecule has 0 aliphatic carbocycles. The lowest BCUT2D eigenvalue weighted by Crippen LogP contribution is -2.51. The lowest BCUT2D eigenvalue weighted by atomic mass is 10.1. The number of anilines is 2. The maximum absolute atomic E-state index is 13.7. The molecule has 12 nitrogen and oxygen atoms in total. The van der Waals surface area contributed by atoms with Gasteiger partial charge in [0, 0.05) is 37.9 Å². The molecule has 5 rings (SSSR count). The summed E-state index contributed by atoms with van der Waals surface area (Å²) in [6.45, 7) is 3.49. The number of rotatable bonds is 8.